The lowest BCUT2D eigenvalue weighted by atomic mass is 10.0. The Kier molecular flexibility index (Phi) is 14.4. The van der Waals surface area contributed by atoms with Crippen molar-refractivity contribution in [2.75, 3.05) is 73.3 Å². The SMILES string of the molecule is CCNC(=NCC(CCN(C)C)OCC)NCCCOCC1CCOCC1. The molecule has 160 valence electrons. The molecule has 27 heavy (non-hydrogen) atoms. The third-order valence-corrected chi connectivity index (χ3v) is 4.55. The molecule has 1 heterocycles. The molecule has 7 heteroatoms. The number of hydrogen-bond acceptors (Lipinski definition) is 5. The number of rotatable bonds is 14. The molecule has 1 atom stereocenters. The molecule has 1 rings (SSSR count). The molecule has 0 aromatic heterocycles. The maximum Gasteiger partial charge on any atom is 0.191 e. The molecule has 1 aliphatic rings. The maximum atomic E-state index is 5.82. The van der Waals surface area contributed by atoms with Crippen molar-refractivity contribution in [2.24, 2.45) is 10.9 Å². The van der Waals surface area contributed by atoms with E-state index in [1.54, 1.807) is 0 Å². The van der Waals surface area contributed by atoms with Crippen LogP contribution in [0.5, 0.6) is 0 Å². The van der Waals surface area contributed by atoms with Crippen LogP contribution >= 0.6 is 0 Å². The Bertz CT molecular complexity index is 374. The smallest absolute Gasteiger partial charge is 0.191 e. The van der Waals surface area contributed by atoms with Gasteiger partial charge in [-0.1, -0.05) is 0 Å². The largest absolute Gasteiger partial charge is 0.381 e. The summed E-state index contributed by atoms with van der Waals surface area (Å²) in [5, 5.41) is 6.70. The summed E-state index contributed by atoms with van der Waals surface area (Å²) in [6, 6.07) is 0. The fourth-order valence-electron chi connectivity index (χ4n) is 2.94. The predicted octanol–water partition coefficient (Wildman–Crippen LogP) is 1.73. The van der Waals surface area contributed by atoms with Crippen LogP contribution in [0.4, 0.5) is 0 Å². The molecule has 0 amide bonds. The van der Waals surface area contributed by atoms with Gasteiger partial charge in [0.25, 0.3) is 0 Å². The van der Waals surface area contributed by atoms with E-state index in [9.17, 15) is 0 Å². The van der Waals surface area contributed by atoms with Crippen molar-refractivity contribution in [1.29, 1.82) is 0 Å². The topological polar surface area (TPSA) is 67.4 Å². The molecule has 0 saturated carbocycles. The highest BCUT2D eigenvalue weighted by atomic mass is 16.5. The lowest BCUT2D eigenvalue weighted by molar-refractivity contribution is 0.0203. The van der Waals surface area contributed by atoms with Gasteiger partial charge in [-0.15, -0.1) is 0 Å². The van der Waals surface area contributed by atoms with Gasteiger partial charge >= 0.3 is 0 Å². The molecule has 0 aromatic carbocycles. The number of nitrogens with one attached hydrogen (secondary N) is 2. The predicted molar refractivity (Wildman–Crippen MR) is 112 cm³/mol. The van der Waals surface area contributed by atoms with Gasteiger partial charge in [0.05, 0.1) is 12.6 Å². The number of ether oxygens (including phenoxy) is 3. The summed E-state index contributed by atoms with van der Waals surface area (Å²) in [6.45, 7) is 11.7. The van der Waals surface area contributed by atoms with Crippen LogP contribution in [0.2, 0.25) is 0 Å². The van der Waals surface area contributed by atoms with Gasteiger partial charge < -0.3 is 29.7 Å². The molecule has 0 aromatic rings. The van der Waals surface area contributed by atoms with Gasteiger partial charge in [-0.2, -0.15) is 0 Å². The zero-order chi connectivity index (χ0) is 19.7. The van der Waals surface area contributed by atoms with Gasteiger partial charge in [-0.25, -0.2) is 0 Å². The monoisotopic (exact) mass is 386 g/mol. The second kappa shape index (κ2) is 16.1. The molecule has 1 fully saturated rings. The summed E-state index contributed by atoms with van der Waals surface area (Å²) in [7, 11) is 4.17. The third-order valence-electron chi connectivity index (χ3n) is 4.55. The van der Waals surface area contributed by atoms with E-state index >= 15 is 0 Å². The van der Waals surface area contributed by atoms with Crippen molar-refractivity contribution in [3.8, 4) is 0 Å². The summed E-state index contributed by atoms with van der Waals surface area (Å²) in [5.41, 5.74) is 0. The normalized spacial score (nSPS) is 17.3. The number of aliphatic imine (C=N–C) groups is 1. The van der Waals surface area contributed by atoms with Crippen molar-refractivity contribution < 1.29 is 14.2 Å². The first-order valence-electron chi connectivity index (χ1n) is 10.6. The molecule has 0 bridgehead atoms. The molecule has 0 radical (unpaired) electrons. The van der Waals surface area contributed by atoms with E-state index in [1.807, 2.05) is 6.92 Å². The Morgan fingerprint density at radius 1 is 1.22 bits per heavy atom. The summed E-state index contributed by atoms with van der Waals surface area (Å²) in [5.74, 6) is 1.53. The Morgan fingerprint density at radius 3 is 2.67 bits per heavy atom. The lowest BCUT2D eigenvalue weighted by Gasteiger charge is -2.21. The number of guanidine groups is 1. The first-order chi connectivity index (χ1) is 13.2. The Labute approximate surface area is 166 Å². The first kappa shape index (κ1) is 24.1. The van der Waals surface area contributed by atoms with Crippen molar-refractivity contribution >= 4 is 5.96 Å². The maximum absolute atomic E-state index is 5.82. The van der Waals surface area contributed by atoms with Crippen LogP contribution in [0.15, 0.2) is 4.99 Å². The average Bonchev–Trinajstić information content (AvgIpc) is 2.67. The van der Waals surface area contributed by atoms with Gasteiger partial charge in [-0.3, -0.25) is 4.99 Å². The van der Waals surface area contributed by atoms with Gasteiger partial charge in [0, 0.05) is 52.7 Å². The van der Waals surface area contributed by atoms with Crippen LogP contribution in [0.3, 0.4) is 0 Å². The first-order valence-corrected chi connectivity index (χ1v) is 10.6. The summed E-state index contributed by atoms with van der Waals surface area (Å²) in [6.07, 6.45) is 4.39. The Balaban J connectivity index is 2.22. The fourth-order valence-corrected chi connectivity index (χ4v) is 2.94. The second-order valence-corrected chi connectivity index (χ2v) is 7.30. The van der Waals surface area contributed by atoms with Crippen LogP contribution < -0.4 is 10.6 Å². The van der Waals surface area contributed by atoms with E-state index in [4.69, 9.17) is 19.2 Å². The van der Waals surface area contributed by atoms with Gasteiger partial charge in [-0.05, 0) is 59.5 Å². The minimum absolute atomic E-state index is 0.163. The summed E-state index contributed by atoms with van der Waals surface area (Å²) < 4.78 is 17.0. The van der Waals surface area contributed by atoms with Crippen LogP contribution in [0.1, 0.15) is 39.5 Å². The quantitative estimate of drug-likeness (QED) is 0.269. The molecule has 0 spiro atoms. The van der Waals surface area contributed by atoms with E-state index < -0.39 is 0 Å². The van der Waals surface area contributed by atoms with Crippen molar-refractivity contribution in [2.45, 2.75) is 45.6 Å². The van der Waals surface area contributed by atoms with E-state index in [2.05, 4.69) is 36.6 Å². The van der Waals surface area contributed by atoms with E-state index in [-0.39, 0.29) is 6.10 Å². The molecule has 2 N–H and O–H groups in total. The van der Waals surface area contributed by atoms with Crippen LogP contribution in [0, 0.1) is 5.92 Å². The zero-order valence-corrected chi connectivity index (χ0v) is 18.0. The molecule has 7 nitrogen and oxygen atoms in total. The zero-order valence-electron chi connectivity index (χ0n) is 18.0. The molecule has 1 aliphatic heterocycles. The minimum Gasteiger partial charge on any atom is -0.381 e. The van der Waals surface area contributed by atoms with Gasteiger partial charge in [0.15, 0.2) is 5.96 Å². The molecule has 1 unspecified atom stereocenters. The lowest BCUT2D eigenvalue weighted by Crippen LogP contribution is -2.39. The highest BCUT2D eigenvalue weighted by molar-refractivity contribution is 5.79. The van der Waals surface area contributed by atoms with Crippen molar-refractivity contribution in [3.05, 3.63) is 0 Å². The van der Waals surface area contributed by atoms with Gasteiger partial charge in [0.1, 0.15) is 0 Å². The van der Waals surface area contributed by atoms with Crippen LogP contribution in [0.25, 0.3) is 0 Å². The highest BCUT2D eigenvalue weighted by Gasteiger charge is 2.13. The molecule has 1 saturated heterocycles. The van der Waals surface area contributed by atoms with E-state index in [0.29, 0.717) is 12.5 Å². The average molecular weight is 387 g/mol. The molecular formula is C20H42N4O3. The molecule has 0 aliphatic carbocycles. The number of nitrogens with zero attached hydrogens (tertiary/aromatic N) is 2. The minimum atomic E-state index is 0.163. The number of hydrogen-bond donors (Lipinski definition) is 2. The fraction of sp³-hybridized carbons (Fsp3) is 0.950. The Morgan fingerprint density at radius 2 is 2.00 bits per heavy atom. The van der Waals surface area contributed by atoms with Crippen molar-refractivity contribution in [3.63, 3.8) is 0 Å². The van der Waals surface area contributed by atoms with E-state index in [0.717, 1.165) is 84.3 Å². The van der Waals surface area contributed by atoms with Crippen LogP contribution in [-0.2, 0) is 14.2 Å². The van der Waals surface area contributed by atoms with Gasteiger partial charge in [0.2, 0.25) is 0 Å². The Hall–Kier alpha value is -0.890. The summed E-state index contributed by atoms with van der Waals surface area (Å²) >= 11 is 0. The second-order valence-electron chi connectivity index (χ2n) is 7.30. The van der Waals surface area contributed by atoms with Crippen molar-refractivity contribution in [1.82, 2.24) is 15.5 Å². The standard InChI is InChI=1S/C20H42N4O3/c1-5-21-20(23-16-19(27-6-2)8-12-24(3)4)22-11-7-13-26-17-18-9-14-25-15-10-18/h18-19H,5-17H2,1-4H3,(H2,21,22,23). The summed E-state index contributed by atoms with van der Waals surface area (Å²) in [4.78, 5) is 6.88. The highest BCUT2D eigenvalue weighted by Crippen LogP contribution is 2.14. The van der Waals surface area contributed by atoms with E-state index in [1.165, 1.54) is 0 Å². The molecular weight excluding hydrogens is 344 g/mol. The third kappa shape index (κ3) is 13.0. The van der Waals surface area contributed by atoms with Crippen LogP contribution in [-0.4, -0.2) is 90.3 Å².